The third kappa shape index (κ3) is 10.4. The van der Waals surface area contributed by atoms with Gasteiger partial charge in [0.05, 0.1) is 6.10 Å². The van der Waals surface area contributed by atoms with Gasteiger partial charge in [0, 0.05) is 5.56 Å². The normalized spacial score (nSPS) is 12.9. The van der Waals surface area contributed by atoms with Crippen molar-refractivity contribution in [3.8, 4) is 22.6 Å². The van der Waals surface area contributed by atoms with Gasteiger partial charge in [-0.25, -0.2) is 0 Å². The summed E-state index contributed by atoms with van der Waals surface area (Å²) in [6, 6.07) is 12.0. The van der Waals surface area contributed by atoms with E-state index in [1.165, 1.54) is 63.5 Å². The number of alkyl halides is 3. The van der Waals surface area contributed by atoms with Crippen LogP contribution in [0.1, 0.15) is 77.6 Å². The molecule has 0 aliphatic heterocycles. The predicted octanol–water partition coefficient (Wildman–Crippen LogP) is 7.63. The lowest BCUT2D eigenvalue weighted by Crippen LogP contribution is -2.28. The first-order valence-corrected chi connectivity index (χ1v) is 14.1. The number of aliphatic hydroxyl groups is 1. The molecule has 2 rings (SSSR count). The Labute approximate surface area is 212 Å². The van der Waals surface area contributed by atoms with E-state index in [1.807, 2.05) is 0 Å². The van der Waals surface area contributed by atoms with E-state index in [2.05, 4.69) is 11.1 Å². The van der Waals surface area contributed by atoms with Gasteiger partial charge >= 0.3 is 15.6 Å². The standard InChI is InChI=1S/C27H37F3O5S/c1-2-3-4-5-6-7-8-9-10-11-14-23(31)21-34-24-19-17-22(18-20-24)25-15-12-13-16-26(25)35-36(32,33)27(28,29)30/h12-13,15-20,23,31H,2-11,14,21H2,1H3. The first-order valence-electron chi connectivity index (χ1n) is 12.6. The zero-order valence-corrected chi connectivity index (χ0v) is 21.6. The maximum Gasteiger partial charge on any atom is 0.534 e. The zero-order valence-electron chi connectivity index (χ0n) is 20.8. The second kappa shape index (κ2) is 15.1. The first kappa shape index (κ1) is 30.0. The van der Waals surface area contributed by atoms with Crippen LogP contribution in [0.3, 0.4) is 0 Å². The molecule has 0 heterocycles. The molecule has 0 amide bonds. The van der Waals surface area contributed by atoms with Crippen LogP contribution in [0.25, 0.3) is 11.1 Å². The molecule has 2 aromatic carbocycles. The smallest absolute Gasteiger partial charge is 0.491 e. The molecule has 2 aromatic rings. The van der Waals surface area contributed by atoms with Crippen LogP contribution in [0.15, 0.2) is 48.5 Å². The van der Waals surface area contributed by atoms with Gasteiger partial charge in [0.1, 0.15) is 12.4 Å². The fourth-order valence-corrected chi connectivity index (χ4v) is 4.29. The number of benzene rings is 2. The molecule has 0 bridgehead atoms. The number of halogens is 3. The van der Waals surface area contributed by atoms with Gasteiger partial charge in [0.25, 0.3) is 0 Å². The van der Waals surface area contributed by atoms with E-state index in [0.29, 0.717) is 17.7 Å². The lowest BCUT2D eigenvalue weighted by molar-refractivity contribution is -0.0499. The van der Waals surface area contributed by atoms with Crippen LogP contribution in [-0.4, -0.2) is 31.7 Å². The second-order valence-corrected chi connectivity index (χ2v) is 10.5. The number of unbranched alkanes of at least 4 members (excludes halogenated alkanes) is 9. The maximum atomic E-state index is 12.7. The van der Waals surface area contributed by atoms with Gasteiger partial charge in [-0.05, 0) is 30.2 Å². The average Bonchev–Trinajstić information content (AvgIpc) is 2.84. The third-order valence-corrected chi connectivity index (χ3v) is 6.83. The molecule has 0 aromatic heterocycles. The number of hydrogen-bond donors (Lipinski definition) is 1. The van der Waals surface area contributed by atoms with Crippen molar-refractivity contribution in [2.24, 2.45) is 0 Å². The Balaban J connectivity index is 1.75. The largest absolute Gasteiger partial charge is 0.534 e. The number of para-hydroxylation sites is 1. The van der Waals surface area contributed by atoms with E-state index in [-0.39, 0.29) is 12.2 Å². The SMILES string of the molecule is CCCCCCCCCCCCC(O)COc1ccc(-c2ccccc2OS(=O)(=O)C(F)(F)F)cc1. The molecule has 5 nitrogen and oxygen atoms in total. The molecule has 1 N–H and O–H groups in total. The van der Waals surface area contributed by atoms with Gasteiger partial charge in [-0.3, -0.25) is 0 Å². The summed E-state index contributed by atoms with van der Waals surface area (Å²) in [6.07, 6.45) is 12.4. The maximum absolute atomic E-state index is 12.7. The molecule has 202 valence electrons. The molecule has 0 saturated heterocycles. The Hall–Kier alpha value is -2.26. The van der Waals surface area contributed by atoms with E-state index >= 15 is 0 Å². The molecule has 1 atom stereocenters. The van der Waals surface area contributed by atoms with Gasteiger partial charge in [-0.15, -0.1) is 0 Å². The number of rotatable bonds is 17. The summed E-state index contributed by atoms with van der Waals surface area (Å²) in [5, 5.41) is 10.2. The van der Waals surface area contributed by atoms with Crippen LogP contribution in [0.5, 0.6) is 11.5 Å². The lowest BCUT2D eigenvalue weighted by Gasteiger charge is -2.14. The number of hydrogen-bond acceptors (Lipinski definition) is 5. The van der Waals surface area contributed by atoms with Crippen LogP contribution in [-0.2, 0) is 10.1 Å². The van der Waals surface area contributed by atoms with E-state index in [9.17, 15) is 26.7 Å². The van der Waals surface area contributed by atoms with Crippen molar-refractivity contribution in [2.75, 3.05) is 6.61 Å². The van der Waals surface area contributed by atoms with Crippen molar-refractivity contribution in [3.05, 3.63) is 48.5 Å². The minimum Gasteiger partial charge on any atom is -0.491 e. The summed E-state index contributed by atoms with van der Waals surface area (Å²) in [6.45, 7) is 2.36. The molecular weight excluding hydrogens is 493 g/mol. The summed E-state index contributed by atoms with van der Waals surface area (Å²) in [4.78, 5) is 0. The minimum atomic E-state index is -5.78. The Morgan fingerprint density at radius 1 is 0.833 bits per heavy atom. The second-order valence-electron chi connectivity index (χ2n) is 8.94. The Bertz CT molecular complexity index is 991. The Kier molecular flexibility index (Phi) is 12.6. The molecule has 9 heteroatoms. The lowest BCUT2D eigenvalue weighted by atomic mass is 10.0. The van der Waals surface area contributed by atoms with Crippen molar-refractivity contribution in [2.45, 2.75) is 89.2 Å². The molecular formula is C27H37F3O5S. The predicted molar refractivity (Wildman–Crippen MR) is 135 cm³/mol. The molecule has 1 unspecified atom stereocenters. The number of ether oxygens (including phenoxy) is 1. The topological polar surface area (TPSA) is 72.8 Å². The Morgan fingerprint density at radius 3 is 1.97 bits per heavy atom. The van der Waals surface area contributed by atoms with Crippen molar-refractivity contribution < 1.29 is 35.6 Å². The van der Waals surface area contributed by atoms with Gasteiger partial charge < -0.3 is 14.0 Å². The van der Waals surface area contributed by atoms with Gasteiger partial charge in [-0.1, -0.05) is 101 Å². The van der Waals surface area contributed by atoms with Crippen LogP contribution < -0.4 is 8.92 Å². The minimum absolute atomic E-state index is 0.139. The molecule has 0 aliphatic carbocycles. The summed E-state index contributed by atoms with van der Waals surface area (Å²) in [7, 11) is -5.78. The van der Waals surface area contributed by atoms with E-state index in [4.69, 9.17) is 4.74 Å². The molecule has 0 aliphatic rings. The van der Waals surface area contributed by atoms with Crippen LogP contribution >= 0.6 is 0 Å². The summed E-state index contributed by atoms with van der Waals surface area (Å²) >= 11 is 0. The van der Waals surface area contributed by atoms with Crippen LogP contribution in [0, 0.1) is 0 Å². The fourth-order valence-electron chi connectivity index (χ4n) is 3.82. The summed E-state index contributed by atoms with van der Waals surface area (Å²) < 4.78 is 70.9. The van der Waals surface area contributed by atoms with Gasteiger partial charge in [0.15, 0.2) is 5.75 Å². The number of aliphatic hydroxyl groups excluding tert-OH is 1. The fraction of sp³-hybridized carbons (Fsp3) is 0.556. The van der Waals surface area contributed by atoms with Gasteiger partial charge in [0.2, 0.25) is 0 Å². The molecule has 0 saturated carbocycles. The van der Waals surface area contributed by atoms with Crippen LogP contribution in [0.4, 0.5) is 13.2 Å². The molecule has 0 radical (unpaired) electrons. The van der Waals surface area contributed by atoms with E-state index in [1.54, 1.807) is 30.3 Å². The highest BCUT2D eigenvalue weighted by Crippen LogP contribution is 2.34. The summed E-state index contributed by atoms with van der Waals surface area (Å²) in [5.41, 5.74) is -4.87. The third-order valence-electron chi connectivity index (χ3n) is 5.87. The van der Waals surface area contributed by atoms with Crippen LogP contribution in [0.2, 0.25) is 0 Å². The van der Waals surface area contributed by atoms with E-state index < -0.39 is 27.5 Å². The zero-order chi connectivity index (χ0) is 26.4. The monoisotopic (exact) mass is 530 g/mol. The molecule has 0 spiro atoms. The highest BCUT2D eigenvalue weighted by molar-refractivity contribution is 7.88. The van der Waals surface area contributed by atoms with Crippen molar-refractivity contribution in [3.63, 3.8) is 0 Å². The highest BCUT2D eigenvalue weighted by Gasteiger charge is 2.48. The van der Waals surface area contributed by atoms with Gasteiger partial charge in [-0.2, -0.15) is 21.6 Å². The quantitative estimate of drug-likeness (QED) is 0.129. The molecule has 0 fully saturated rings. The first-order chi connectivity index (χ1) is 17.1. The van der Waals surface area contributed by atoms with Crippen molar-refractivity contribution in [1.29, 1.82) is 0 Å². The average molecular weight is 531 g/mol. The van der Waals surface area contributed by atoms with Crippen molar-refractivity contribution >= 4 is 10.1 Å². The Morgan fingerprint density at radius 2 is 1.39 bits per heavy atom. The van der Waals surface area contributed by atoms with Crippen molar-refractivity contribution in [1.82, 2.24) is 0 Å². The summed E-state index contributed by atoms with van der Waals surface area (Å²) in [5.74, 6) is 0.0672. The highest BCUT2D eigenvalue weighted by atomic mass is 32.2. The molecule has 36 heavy (non-hydrogen) atoms. The van der Waals surface area contributed by atoms with E-state index in [0.717, 1.165) is 18.9 Å².